The van der Waals surface area contributed by atoms with Crippen molar-refractivity contribution in [2.75, 3.05) is 6.61 Å². The average molecular weight is 185 g/mol. The van der Waals surface area contributed by atoms with E-state index in [4.69, 9.17) is 4.74 Å². The third kappa shape index (κ3) is 6.28. The van der Waals surface area contributed by atoms with Crippen LogP contribution < -0.4 is 0 Å². The fourth-order valence-corrected chi connectivity index (χ4v) is 0.731. The molecule has 1 rings (SSSR count). The second-order valence-electron chi connectivity index (χ2n) is 2.62. The highest BCUT2D eigenvalue weighted by molar-refractivity contribution is 4.59. The van der Waals surface area contributed by atoms with E-state index in [2.05, 4.69) is 10.2 Å². The molecule has 0 unspecified atom stereocenters. The van der Waals surface area contributed by atoms with Crippen molar-refractivity contribution in [1.29, 1.82) is 0 Å². The first-order valence-electron chi connectivity index (χ1n) is 4.73. The molecular weight excluding hydrogens is 166 g/mol. The van der Waals surface area contributed by atoms with Crippen molar-refractivity contribution in [3.8, 4) is 0 Å². The lowest BCUT2D eigenvalue weighted by atomic mass is 10.5. The Bertz CT molecular complexity index is 185. The predicted molar refractivity (Wildman–Crippen MR) is 52.5 cm³/mol. The Morgan fingerprint density at radius 3 is 2.23 bits per heavy atom. The molecule has 0 aliphatic heterocycles. The number of nitrogens with zero attached hydrogens (tertiary/aromatic N) is 3. The quantitative estimate of drug-likeness (QED) is 0.717. The first-order chi connectivity index (χ1) is 6.29. The molecule has 1 aromatic heterocycles. The van der Waals surface area contributed by atoms with E-state index in [-0.39, 0.29) is 0 Å². The van der Waals surface area contributed by atoms with Crippen LogP contribution in [0.2, 0.25) is 0 Å². The minimum absolute atomic E-state index is 0.298. The Hall–Kier alpha value is -0.900. The molecular formula is C9H19N3O. The third-order valence-corrected chi connectivity index (χ3v) is 1.27. The maximum Gasteiger partial charge on any atom is 0.119 e. The zero-order chi connectivity index (χ0) is 10.1. The number of rotatable bonds is 4. The van der Waals surface area contributed by atoms with Crippen molar-refractivity contribution in [2.45, 2.75) is 40.3 Å². The van der Waals surface area contributed by atoms with Gasteiger partial charge >= 0.3 is 0 Å². The maximum absolute atomic E-state index is 5.34. The van der Waals surface area contributed by atoms with Crippen LogP contribution in [0.1, 0.15) is 27.7 Å². The van der Waals surface area contributed by atoms with Crippen molar-refractivity contribution in [1.82, 2.24) is 14.8 Å². The minimum atomic E-state index is 0.298. The van der Waals surface area contributed by atoms with Crippen LogP contribution in [0.3, 0.4) is 0 Å². The number of ether oxygens (including phenoxy) is 1. The number of aromatic nitrogens is 3. The van der Waals surface area contributed by atoms with Gasteiger partial charge in [0.15, 0.2) is 0 Å². The van der Waals surface area contributed by atoms with Crippen molar-refractivity contribution in [2.24, 2.45) is 0 Å². The highest BCUT2D eigenvalue weighted by Gasteiger charge is 1.93. The van der Waals surface area contributed by atoms with Gasteiger partial charge in [0, 0.05) is 6.54 Å². The van der Waals surface area contributed by atoms with Crippen LogP contribution in [-0.2, 0) is 11.3 Å². The van der Waals surface area contributed by atoms with Crippen molar-refractivity contribution in [3.63, 3.8) is 0 Å². The summed E-state index contributed by atoms with van der Waals surface area (Å²) < 4.78 is 7.23. The molecule has 0 bridgehead atoms. The van der Waals surface area contributed by atoms with Crippen molar-refractivity contribution < 1.29 is 4.74 Å². The molecule has 0 N–H and O–H groups in total. The molecule has 0 atom stereocenters. The lowest BCUT2D eigenvalue weighted by molar-refractivity contribution is 0.0727. The summed E-state index contributed by atoms with van der Waals surface area (Å²) in [5.74, 6) is 0. The summed E-state index contributed by atoms with van der Waals surface area (Å²) in [7, 11) is 0. The van der Waals surface area contributed by atoms with E-state index < -0.39 is 0 Å². The molecule has 0 aromatic carbocycles. The van der Waals surface area contributed by atoms with Gasteiger partial charge in [-0.25, -0.2) is 0 Å². The average Bonchev–Trinajstić information content (AvgIpc) is 2.60. The summed E-state index contributed by atoms with van der Waals surface area (Å²) in [6.07, 6.45) is 3.67. The first-order valence-corrected chi connectivity index (χ1v) is 4.73. The monoisotopic (exact) mass is 185 g/mol. The van der Waals surface area contributed by atoms with Crippen LogP contribution in [0.15, 0.2) is 12.7 Å². The summed E-state index contributed by atoms with van der Waals surface area (Å²) in [6.45, 7) is 9.58. The molecule has 0 fully saturated rings. The van der Waals surface area contributed by atoms with Gasteiger partial charge in [0.05, 0.1) is 12.7 Å². The van der Waals surface area contributed by atoms with E-state index in [1.165, 1.54) is 0 Å². The minimum Gasteiger partial charge on any atom is -0.377 e. The summed E-state index contributed by atoms with van der Waals surface area (Å²) in [5.41, 5.74) is 0. The van der Waals surface area contributed by atoms with Gasteiger partial charge in [0.25, 0.3) is 0 Å². The molecule has 0 radical (unpaired) electrons. The zero-order valence-electron chi connectivity index (χ0n) is 8.90. The molecule has 0 saturated heterocycles. The smallest absolute Gasteiger partial charge is 0.119 e. The topological polar surface area (TPSA) is 39.9 Å². The van der Waals surface area contributed by atoms with Gasteiger partial charge in [-0.3, -0.25) is 0 Å². The van der Waals surface area contributed by atoms with E-state index in [0.29, 0.717) is 6.10 Å². The van der Waals surface area contributed by atoms with Gasteiger partial charge in [-0.15, -0.1) is 10.2 Å². The van der Waals surface area contributed by atoms with Crippen LogP contribution in [0, 0.1) is 0 Å². The molecule has 0 aliphatic carbocycles. The standard InChI is InChI=1S/C7H13N3O.C2H6/c1-7(2)11-4-3-10-5-8-9-6-10;1-2/h5-7H,3-4H2,1-2H3;1-2H3. The van der Waals surface area contributed by atoms with Crippen LogP contribution in [-0.4, -0.2) is 27.5 Å². The fourth-order valence-electron chi connectivity index (χ4n) is 0.731. The van der Waals surface area contributed by atoms with Gasteiger partial charge in [-0.05, 0) is 13.8 Å². The predicted octanol–water partition coefficient (Wildman–Crippen LogP) is 1.73. The molecule has 76 valence electrons. The molecule has 1 heterocycles. The van der Waals surface area contributed by atoms with Crippen LogP contribution in [0.4, 0.5) is 0 Å². The Kier molecular flexibility index (Phi) is 7.20. The second kappa shape index (κ2) is 7.73. The fraction of sp³-hybridized carbons (Fsp3) is 0.778. The Balaban J connectivity index is 0.000000671. The van der Waals surface area contributed by atoms with E-state index in [0.717, 1.165) is 13.2 Å². The summed E-state index contributed by atoms with van der Waals surface area (Å²) in [6, 6.07) is 0. The highest BCUT2D eigenvalue weighted by atomic mass is 16.5. The van der Waals surface area contributed by atoms with Gasteiger partial charge in [-0.1, -0.05) is 13.8 Å². The third-order valence-electron chi connectivity index (χ3n) is 1.27. The summed E-state index contributed by atoms with van der Waals surface area (Å²) >= 11 is 0. The zero-order valence-corrected chi connectivity index (χ0v) is 8.90. The van der Waals surface area contributed by atoms with Gasteiger partial charge < -0.3 is 9.30 Å². The molecule has 13 heavy (non-hydrogen) atoms. The SMILES string of the molecule is CC.CC(C)OCCn1cnnc1. The first kappa shape index (κ1) is 12.1. The Morgan fingerprint density at radius 1 is 1.23 bits per heavy atom. The van der Waals surface area contributed by atoms with Crippen molar-refractivity contribution >= 4 is 0 Å². The highest BCUT2D eigenvalue weighted by Crippen LogP contribution is 1.89. The van der Waals surface area contributed by atoms with Gasteiger partial charge in [-0.2, -0.15) is 0 Å². The summed E-state index contributed by atoms with van der Waals surface area (Å²) in [5, 5.41) is 7.35. The molecule has 4 nitrogen and oxygen atoms in total. The molecule has 1 aromatic rings. The van der Waals surface area contributed by atoms with Crippen molar-refractivity contribution in [3.05, 3.63) is 12.7 Å². The lowest BCUT2D eigenvalue weighted by Gasteiger charge is -2.06. The van der Waals surface area contributed by atoms with Crippen LogP contribution in [0.25, 0.3) is 0 Å². The summed E-state index contributed by atoms with van der Waals surface area (Å²) in [4.78, 5) is 0. The largest absolute Gasteiger partial charge is 0.377 e. The molecule has 0 aliphatic rings. The van der Waals surface area contributed by atoms with Gasteiger partial charge in [0.1, 0.15) is 12.7 Å². The number of hydrogen-bond donors (Lipinski definition) is 0. The van der Waals surface area contributed by atoms with E-state index in [1.807, 2.05) is 32.3 Å². The van der Waals surface area contributed by atoms with Gasteiger partial charge in [0.2, 0.25) is 0 Å². The lowest BCUT2D eigenvalue weighted by Crippen LogP contribution is -2.09. The molecule has 0 amide bonds. The molecule has 4 heteroatoms. The Morgan fingerprint density at radius 2 is 1.77 bits per heavy atom. The number of hydrogen-bond acceptors (Lipinski definition) is 3. The second-order valence-corrected chi connectivity index (χ2v) is 2.62. The molecule has 0 spiro atoms. The normalized spacial score (nSPS) is 9.62. The Labute approximate surface area is 79.9 Å². The van der Waals surface area contributed by atoms with E-state index in [1.54, 1.807) is 12.7 Å². The van der Waals surface area contributed by atoms with E-state index >= 15 is 0 Å². The van der Waals surface area contributed by atoms with Crippen LogP contribution >= 0.6 is 0 Å². The van der Waals surface area contributed by atoms with E-state index in [9.17, 15) is 0 Å². The molecule has 0 saturated carbocycles. The maximum atomic E-state index is 5.34. The van der Waals surface area contributed by atoms with Crippen LogP contribution in [0.5, 0.6) is 0 Å².